The lowest BCUT2D eigenvalue weighted by Gasteiger charge is -2.15. The van der Waals surface area contributed by atoms with Crippen LogP contribution in [0, 0.1) is 0 Å². The molecule has 6 N–H and O–H groups in total. The molecule has 2 aromatic rings. The number of nitrogens with zero attached hydrogens (tertiary/aromatic N) is 4. The maximum absolute atomic E-state index is 5.57. The molecule has 2 rings (SSSR count). The summed E-state index contributed by atoms with van der Waals surface area (Å²) in [6, 6.07) is 1.86. The van der Waals surface area contributed by atoms with Crippen LogP contribution in [0.1, 0.15) is 6.92 Å². The number of hydrogen-bond donors (Lipinski definition) is 4. The number of anilines is 3. The van der Waals surface area contributed by atoms with E-state index >= 15 is 0 Å². The van der Waals surface area contributed by atoms with Crippen LogP contribution >= 0.6 is 0 Å². The van der Waals surface area contributed by atoms with Crippen molar-refractivity contribution in [1.82, 2.24) is 19.5 Å². The lowest BCUT2D eigenvalue weighted by atomic mass is 10.3. The summed E-state index contributed by atoms with van der Waals surface area (Å²) in [4.78, 5) is 12.0. The molecule has 96 valence electrons. The third-order valence-electron chi connectivity index (χ3n) is 2.33. The minimum Gasteiger partial charge on any atom is -0.368 e. The fraction of sp³-hybridized carbons (Fsp3) is 0.300. The van der Waals surface area contributed by atoms with Crippen LogP contribution in [0.4, 0.5) is 17.6 Å². The molecule has 1 unspecified atom stereocenters. The van der Waals surface area contributed by atoms with E-state index in [9.17, 15) is 0 Å². The van der Waals surface area contributed by atoms with Crippen molar-refractivity contribution in [1.29, 1.82) is 0 Å². The first kappa shape index (κ1) is 12.1. The SMILES string of the molecule is CC(Cn1ccnc1)Nc1cc(NN)nc(N)n1. The summed E-state index contributed by atoms with van der Waals surface area (Å²) >= 11 is 0. The van der Waals surface area contributed by atoms with Crippen molar-refractivity contribution < 1.29 is 0 Å². The van der Waals surface area contributed by atoms with E-state index in [4.69, 9.17) is 11.6 Å². The van der Waals surface area contributed by atoms with E-state index < -0.39 is 0 Å². The molecule has 0 spiro atoms. The zero-order valence-corrected chi connectivity index (χ0v) is 10.0. The van der Waals surface area contributed by atoms with Crippen LogP contribution in [0.3, 0.4) is 0 Å². The molecular formula is C10H16N8. The van der Waals surface area contributed by atoms with Crippen molar-refractivity contribution in [3.8, 4) is 0 Å². The van der Waals surface area contributed by atoms with Crippen molar-refractivity contribution in [2.24, 2.45) is 5.84 Å². The van der Waals surface area contributed by atoms with Gasteiger partial charge in [0, 0.05) is 31.0 Å². The second-order valence-corrected chi connectivity index (χ2v) is 3.95. The van der Waals surface area contributed by atoms with E-state index in [2.05, 4.69) is 25.7 Å². The summed E-state index contributed by atoms with van der Waals surface area (Å²) in [5, 5.41) is 3.22. The quantitative estimate of drug-likeness (QED) is 0.435. The average Bonchev–Trinajstić information content (AvgIpc) is 2.80. The molecule has 0 aliphatic carbocycles. The predicted octanol–water partition coefficient (Wildman–Crippen LogP) is 0.0415. The van der Waals surface area contributed by atoms with Gasteiger partial charge < -0.3 is 21.0 Å². The highest BCUT2D eigenvalue weighted by Crippen LogP contribution is 2.12. The van der Waals surface area contributed by atoms with Gasteiger partial charge in [0.15, 0.2) is 0 Å². The van der Waals surface area contributed by atoms with Crippen LogP contribution in [0.15, 0.2) is 24.8 Å². The van der Waals surface area contributed by atoms with Crippen molar-refractivity contribution in [3.63, 3.8) is 0 Å². The Hall–Kier alpha value is -2.35. The molecule has 0 aliphatic heterocycles. The Labute approximate surface area is 104 Å². The molecule has 2 aromatic heterocycles. The van der Waals surface area contributed by atoms with Crippen molar-refractivity contribution in [2.75, 3.05) is 16.5 Å². The highest BCUT2D eigenvalue weighted by molar-refractivity contribution is 5.50. The highest BCUT2D eigenvalue weighted by Gasteiger charge is 2.06. The Balaban J connectivity index is 2.02. The van der Waals surface area contributed by atoms with Gasteiger partial charge in [-0.1, -0.05) is 0 Å². The molecule has 18 heavy (non-hydrogen) atoms. The van der Waals surface area contributed by atoms with Gasteiger partial charge in [-0.05, 0) is 6.92 Å². The standard InChI is InChI=1S/C10H16N8/c1-7(5-18-3-2-13-6-18)14-8-4-9(17-12)16-10(11)15-8/h2-4,6-7H,5,12H2,1H3,(H4,11,14,15,16,17). The number of nitrogens with one attached hydrogen (secondary N) is 2. The van der Waals surface area contributed by atoms with E-state index in [0.29, 0.717) is 11.6 Å². The fourth-order valence-electron chi connectivity index (χ4n) is 1.62. The van der Waals surface area contributed by atoms with Crippen molar-refractivity contribution >= 4 is 17.6 Å². The molecule has 0 amide bonds. The minimum absolute atomic E-state index is 0.166. The van der Waals surface area contributed by atoms with Crippen LogP contribution < -0.4 is 22.3 Å². The van der Waals surface area contributed by atoms with E-state index in [0.717, 1.165) is 6.54 Å². The third-order valence-corrected chi connectivity index (χ3v) is 2.33. The first-order valence-electron chi connectivity index (χ1n) is 5.51. The Morgan fingerprint density at radius 1 is 1.39 bits per heavy atom. The lowest BCUT2D eigenvalue weighted by Crippen LogP contribution is -2.22. The molecule has 0 radical (unpaired) electrons. The van der Waals surface area contributed by atoms with Gasteiger partial charge in [-0.3, -0.25) is 0 Å². The number of nitrogen functional groups attached to an aromatic ring is 2. The smallest absolute Gasteiger partial charge is 0.223 e. The molecule has 2 heterocycles. The molecule has 1 atom stereocenters. The van der Waals surface area contributed by atoms with Gasteiger partial charge in [-0.2, -0.15) is 9.97 Å². The van der Waals surface area contributed by atoms with E-state index in [-0.39, 0.29) is 12.0 Å². The molecule has 0 aromatic carbocycles. The molecule has 8 heteroatoms. The third kappa shape index (κ3) is 3.08. The van der Waals surface area contributed by atoms with Gasteiger partial charge >= 0.3 is 0 Å². The highest BCUT2D eigenvalue weighted by atomic mass is 15.3. The van der Waals surface area contributed by atoms with Crippen LogP contribution in [0.5, 0.6) is 0 Å². The monoisotopic (exact) mass is 248 g/mol. The lowest BCUT2D eigenvalue weighted by molar-refractivity contribution is 0.617. The summed E-state index contributed by atoms with van der Waals surface area (Å²) < 4.78 is 1.98. The minimum atomic E-state index is 0.166. The van der Waals surface area contributed by atoms with Gasteiger partial charge in [0.05, 0.1) is 6.33 Å². The Morgan fingerprint density at radius 2 is 2.17 bits per heavy atom. The largest absolute Gasteiger partial charge is 0.368 e. The first-order chi connectivity index (χ1) is 8.67. The Kier molecular flexibility index (Phi) is 3.58. The molecule has 0 bridgehead atoms. The first-order valence-corrected chi connectivity index (χ1v) is 5.51. The van der Waals surface area contributed by atoms with Gasteiger partial charge in [-0.15, -0.1) is 0 Å². The van der Waals surface area contributed by atoms with Gasteiger partial charge in [0.2, 0.25) is 5.95 Å². The molecule has 0 saturated carbocycles. The fourth-order valence-corrected chi connectivity index (χ4v) is 1.62. The molecule has 8 nitrogen and oxygen atoms in total. The van der Waals surface area contributed by atoms with Crippen molar-refractivity contribution in [3.05, 3.63) is 24.8 Å². The Morgan fingerprint density at radius 3 is 2.83 bits per heavy atom. The maximum Gasteiger partial charge on any atom is 0.223 e. The summed E-state index contributed by atoms with van der Waals surface area (Å²) in [7, 11) is 0. The molecular weight excluding hydrogens is 232 g/mol. The van der Waals surface area contributed by atoms with Crippen molar-refractivity contribution in [2.45, 2.75) is 19.5 Å². The van der Waals surface area contributed by atoms with Crippen LogP contribution in [-0.4, -0.2) is 25.6 Å². The topological polar surface area (TPSA) is 120 Å². The zero-order valence-electron chi connectivity index (χ0n) is 10.0. The van der Waals surface area contributed by atoms with Gasteiger partial charge in [0.25, 0.3) is 0 Å². The van der Waals surface area contributed by atoms with E-state index in [1.807, 2.05) is 17.7 Å². The normalized spacial score (nSPS) is 12.1. The summed E-state index contributed by atoms with van der Waals surface area (Å²) in [6.07, 6.45) is 5.41. The number of hydrazine groups is 1. The zero-order chi connectivity index (χ0) is 13.0. The van der Waals surface area contributed by atoms with E-state index in [1.165, 1.54) is 0 Å². The number of hydrogen-bond acceptors (Lipinski definition) is 7. The summed E-state index contributed by atoms with van der Waals surface area (Å²) in [5.74, 6) is 6.56. The average molecular weight is 248 g/mol. The summed E-state index contributed by atoms with van der Waals surface area (Å²) in [6.45, 7) is 2.81. The second kappa shape index (κ2) is 5.32. The Bertz CT molecular complexity index is 495. The maximum atomic E-state index is 5.57. The predicted molar refractivity (Wildman–Crippen MR) is 69.6 cm³/mol. The number of aromatic nitrogens is 4. The van der Waals surface area contributed by atoms with Crippen LogP contribution in [0.25, 0.3) is 0 Å². The second-order valence-electron chi connectivity index (χ2n) is 3.95. The van der Waals surface area contributed by atoms with Gasteiger partial charge in [-0.25, -0.2) is 10.8 Å². The molecule has 0 saturated heterocycles. The molecule has 0 aliphatic rings. The number of imidazole rings is 1. The number of rotatable bonds is 5. The van der Waals surface area contributed by atoms with Gasteiger partial charge in [0.1, 0.15) is 11.6 Å². The number of nitrogens with two attached hydrogens (primary N) is 2. The van der Waals surface area contributed by atoms with Crippen LogP contribution in [0.2, 0.25) is 0 Å². The summed E-state index contributed by atoms with van der Waals surface area (Å²) in [5.41, 5.74) is 8.01. The van der Waals surface area contributed by atoms with E-state index in [1.54, 1.807) is 18.6 Å². The molecule has 0 fully saturated rings. The van der Waals surface area contributed by atoms with Crippen LogP contribution in [-0.2, 0) is 6.54 Å².